The third-order valence-electron chi connectivity index (χ3n) is 1.60. The molecule has 13 heavy (non-hydrogen) atoms. The van der Waals surface area contributed by atoms with Crippen molar-refractivity contribution >= 4 is 0 Å². The molecule has 0 bridgehead atoms. The Balaban J connectivity index is 4.21. The van der Waals surface area contributed by atoms with Crippen LogP contribution >= 0.6 is 0 Å². The number of allylic oxidation sites excluding steroid dienone is 5. The molecule has 0 atom stereocenters. The van der Waals surface area contributed by atoms with E-state index in [4.69, 9.17) is 9.47 Å². The van der Waals surface area contributed by atoms with E-state index in [1.54, 1.807) is 14.2 Å². The lowest BCUT2D eigenvalue weighted by atomic mass is 10.2. The fourth-order valence-electron chi connectivity index (χ4n) is 0.883. The normalized spacial score (nSPS) is 13.8. The second kappa shape index (κ2) is 7.77. The van der Waals surface area contributed by atoms with Crippen LogP contribution in [0.1, 0.15) is 13.8 Å². The first-order valence-electron chi connectivity index (χ1n) is 4.31. The Hall–Kier alpha value is -0.860. The van der Waals surface area contributed by atoms with E-state index in [1.807, 2.05) is 44.2 Å². The second-order valence-electron chi connectivity index (χ2n) is 2.49. The quantitative estimate of drug-likeness (QED) is 0.480. The molecule has 0 saturated heterocycles. The maximum atomic E-state index is 5.01. The highest BCUT2D eigenvalue weighted by atomic mass is 16.7. The van der Waals surface area contributed by atoms with Crippen LogP contribution < -0.4 is 0 Å². The molecule has 2 heteroatoms. The van der Waals surface area contributed by atoms with Crippen LogP contribution in [0.2, 0.25) is 0 Å². The first kappa shape index (κ1) is 12.1. The van der Waals surface area contributed by atoms with Crippen LogP contribution in [0.4, 0.5) is 0 Å². The average Bonchev–Trinajstić information content (AvgIpc) is 2.17. The Bertz CT molecular complexity index is 198. The van der Waals surface area contributed by atoms with Crippen LogP contribution in [0.5, 0.6) is 0 Å². The van der Waals surface area contributed by atoms with Gasteiger partial charge in [0.1, 0.15) is 0 Å². The molecular weight excluding hydrogens is 164 g/mol. The minimum Gasteiger partial charge on any atom is -0.352 e. The molecule has 0 aromatic rings. The summed E-state index contributed by atoms with van der Waals surface area (Å²) in [5, 5.41) is 0. The predicted molar refractivity (Wildman–Crippen MR) is 55.5 cm³/mol. The second-order valence-corrected chi connectivity index (χ2v) is 2.49. The van der Waals surface area contributed by atoms with Crippen molar-refractivity contribution in [1.29, 1.82) is 0 Å². The number of ether oxygens (including phenoxy) is 2. The minimum absolute atomic E-state index is 0.264. The lowest BCUT2D eigenvalue weighted by Crippen LogP contribution is -2.08. The zero-order valence-electron chi connectivity index (χ0n) is 8.78. The molecule has 0 heterocycles. The smallest absolute Gasteiger partial charge is 0.176 e. The summed E-state index contributed by atoms with van der Waals surface area (Å²) in [6, 6.07) is 0. The molecule has 0 aromatic heterocycles. The highest BCUT2D eigenvalue weighted by Gasteiger charge is 1.96. The summed E-state index contributed by atoms with van der Waals surface area (Å²) in [5.41, 5.74) is 1.14. The van der Waals surface area contributed by atoms with Gasteiger partial charge in [-0.3, -0.25) is 0 Å². The minimum atomic E-state index is -0.264. The Kier molecular flexibility index (Phi) is 7.26. The topological polar surface area (TPSA) is 18.5 Å². The van der Waals surface area contributed by atoms with Crippen molar-refractivity contribution in [2.75, 3.05) is 14.2 Å². The van der Waals surface area contributed by atoms with Crippen LogP contribution in [0.3, 0.4) is 0 Å². The van der Waals surface area contributed by atoms with Crippen LogP contribution in [-0.4, -0.2) is 20.5 Å². The van der Waals surface area contributed by atoms with E-state index < -0.39 is 0 Å². The van der Waals surface area contributed by atoms with Crippen molar-refractivity contribution in [3.8, 4) is 0 Å². The van der Waals surface area contributed by atoms with Gasteiger partial charge in [-0.2, -0.15) is 0 Å². The van der Waals surface area contributed by atoms with E-state index in [9.17, 15) is 0 Å². The summed E-state index contributed by atoms with van der Waals surface area (Å²) in [5.74, 6) is 0. The predicted octanol–water partition coefficient (Wildman–Crippen LogP) is 2.68. The summed E-state index contributed by atoms with van der Waals surface area (Å²) in [4.78, 5) is 0. The maximum Gasteiger partial charge on any atom is 0.176 e. The van der Waals surface area contributed by atoms with E-state index in [1.165, 1.54) is 0 Å². The van der Waals surface area contributed by atoms with E-state index in [0.29, 0.717) is 0 Å². The van der Waals surface area contributed by atoms with Gasteiger partial charge in [0.15, 0.2) is 6.29 Å². The molecule has 0 N–H and O–H groups in total. The van der Waals surface area contributed by atoms with Crippen LogP contribution in [-0.2, 0) is 9.47 Å². The number of hydrogen-bond acceptors (Lipinski definition) is 2. The van der Waals surface area contributed by atoms with Gasteiger partial charge in [0.05, 0.1) is 0 Å². The third-order valence-corrected chi connectivity index (χ3v) is 1.60. The molecule has 0 spiro atoms. The average molecular weight is 182 g/mol. The van der Waals surface area contributed by atoms with E-state index in [-0.39, 0.29) is 6.29 Å². The van der Waals surface area contributed by atoms with Crippen LogP contribution in [0.25, 0.3) is 0 Å². The molecule has 0 amide bonds. The fourth-order valence-corrected chi connectivity index (χ4v) is 0.883. The van der Waals surface area contributed by atoms with Gasteiger partial charge >= 0.3 is 0 Å². The standard InChI is InChI=1S/C11H18O2/c1-5-7-10(6-2)8-9-11(12-3)13-4/h5-9,11H,1-4H3. The van der Waals surface area contributed by atoms with Crippen molar-refractivity contribution in [3.05, 3.63) is 36.0 Å². The lowest BCUT2D eigenvalue weighted by Gasteiger charge is -2.07. The SMILES string of the molecule is CC=CC(C=CC(OC)OC)=CC. The molecule has 0 radical (unpaired) electrons. The molecule has 2 nitrogen and oxygen atoms in total. The van der Waals surface area contributed by atoms with E-state index in [0.717, 1.165) is 5.57 Å². The molecule has 74 valence electrons. The first-order chi connectivity index (χ1) is 6.28. The first-order valence-corrected chi connectivity index (χ1v) is 4.31. The summed E-state index contributed by atoms with van der Waals surface area (Å²) in [6.07, 6.45) is 9.62. The number of hydrogen-bond donors (Lipinski definition) is 0. The number of methoxy groups -OCH3 is 2. The van der Waals surface area contributed by atoms with E-state index in [2.05, 4.69) is 0 Å². The number of rotatable bonds is 5. The zero-order chi connectivity index (χ0) is 10.1. The molecule has 0 aliphatic heterocycles. The highest BCUT2D eigenvalue weighted by molar-refractivity contribution is 5.29. The van der Waals surface area contributed by atoms with Gasteiger partial charge < -0.3 is 9.47 Å². The van der Waals surface area contributed by atoms with Gasteiger partial charge in [0.2, 0.25) is 0 Å². The van der Waals surface area contributed by atoms with Crippen molar-refractivity contribution in [3.63, 3.8) is 0 Å². The van der Waals surface area contributed by atoms with Crippen molar-refractivity contribution < 1.29 is 9.47 Å². The Labute approximate surface area is 80.5 Å². The van der Waals surface area contributed by atoms with Gasteiger partial charge in [0.25, 0.3) is 0 Å². The zero-order valence-corrected chi connectivity index (χ0v) is 8.78. The Morgan fingerprint density at radius 2 is 1.69 bits per heavy atom. The van der Waals surface area contributed by atoms with Gasteiger partial charge in [0, 0.05) is 14.2 Å². The Morgan fingerprint density at radius 1 is 1.08 bits per heavy atom. The van der Waals surface area contributed by atoms with Gasteiger partial charge in [-0.25, -0.2) is 0 Å². The molecule has 0 saturated carbocycles. The van der Waals surface area contributed by atoms with Gasteiger partial charge in [-0.1, -0.05) is 24.3 Å². The summed E-state index contributed by atoms with van der Waals surface area (Å²) in [6.45, 7) is 3.98. The fraction of sp³-hybridized carbons (Fsp3) is 0.455. The molecule has 0 fully saturated rings. The molecular formula is C11H18O2. The van der Waals surface area contributed by atoms with E-state index >= 15 is 0 Å². The lowest BCUT2D eigenvalue weighted by molar-refractivity contribution is -0.0666. The third kappa shape index (κ3) is 5.39. The van der Waals surface area contributed by atoms with Crippen LogP contribution in [0.15, 0.2) is 36.0 Å². The van der Waals surface area contributed by atoms with Crippen molar-refractivity contribution in [2.45, 2.75) is 20.1 Å². The summed E-state index contributed by atoms with van der Waals surface area (Å²) < 4.78 is 10.0. The van der Waals surface area contributed by atoms with Gasteiger partial charge in [-0.05, 0) is 25.5 Å². The Morgan fingerprint density at radius 3 is 2.08 bits per heavy atom. The summed E-state index contributed by atoms with van der Waals surface area (Å²) >= 11 is 0. The largest absolute Gasteiger partial charge is 0.352 e. The molecule has 0 aliphatic rings. The molecule has 0 aromatic carbocycles. The highest BCUT2D eigenvalue weighted by Crippen LogP contribution is 2.02. The maximum absolute atomic E-state index is 5.01. The van der Waals surface area contributed by atoms with Gasteiger partial charge in [-0.15, -0.1) is 0 Å². The van der Waals surface area contributed by atoms with Crippen molar-refractivity contribution in [2.24, 2.45) is 0 Å². The molecule has 0 rings (SSSR count). The monoisotopic (exact) mass is 182 g/mol. The summed E-state index contributed by atoms with van der Waals surface area (Å²) in [7, 11) is 3.23. The van der Waals surface area contributed by atoms with Crippen molar-refractivity contribution in [1.82, 2.24) is 0 Å². The van der Waals surface area contributed by atoms with Crippen LogP contribution in [0, 0.1) is 0 Å². The molecule has 0 aliphatic carbocycles. The molecule has 0 unspecified atom stereocenters.